The summed E-state index contributed by atoms with van der Waals surface area (Å²) >= 11 is 1.54. The second-order valence-corrected chi connectivity index (χ2v) is 4.03. The molecule has 0 saturated heterocycles. The smallest absolute Gasteiger partial charge is 0.287 e. The van der Waals surface area contributed by atoms with Gasteiger partial charge in [0, 0.05) is 24.4 Å². The molecule has 0 aliphatic rings. The summed E-state index contributed by atoms with van der Waals surface area (Å²) in [6, 6.07) is 3.19. The third-order valence-electron chi connectivity index (χ3n) is 2.16. The summed E-state index contributed by atoms with van der Waals surface area (Å²) in [6.07, 6.45) is 0.715. The number of amides is 1. The molecule has 17 heavy (non-hydrogen) atoms. The summed E-state index contributed by atoms with van der Waals surface area (Å²) in [6.45, 7) is 0.533. The Balaban J connectivity index is 1.81. The quantitative estimate of drug-likeness (QED) is 0.880. The van der Waals surface area contributed by atoms with E-state index >= 15 is 0 Å². The summed E-state index contributed by atoms with van der Waals surface area (Å²) in [5.41, 5.74) is 2.75. The van der Waals surface area contributed by atoms with Crippen molar-refractivity contribution in [2.45, 2.75) is 6.42 Å². The van der Waals surface area contributed by atoms with Crippen molar-refractivity contribution >= 4 is 17.2 Å². The lowest BCUT2D eigenvalue weighted by Crippen LogP contribution is -2.25. The van der Waals surface area contributed by atoms with E-state index in [0.717, 1.165) is 5.69 Å². The first kappa shape index (κ1) is 11.7. The number of hydrogen-bond donors (Lipinski definition) is 1. The fourth-order valence-electron chi connectivity index (χ4n) is 1.30. The Morgan fingerprint density at radius 3 is 3.12 bits per heavy atom. The van der Waals surface area contributed by atoms with Gasteiger partial charge in [-0.25, -0.2) is 4.98 Å². The number of furan rings is 1. The normalized spacial score (nSPS) is 10.2. The number of ether oxygens (including phenoxy) is 1. The van der Waals surface area contributed by atoms with Crippen LogP contribution in [0.3, 0.4) is 0 Å². The van der Waals surface area contributed by atoms with Crippen LogP contribution in [0.1, 0.15) is 16.2 Å². The van der Waals surface area contributed by atoms with E-state index in [0.29, 0.717) is 18.9 Å². The lowest BCUT2D eigenvalue weighted by atomic mass is 10.3. The van der Waals surface area contributed by atoms with E-state index < -0.39 is 0 Å². The molecule has 1 N–H and O–H groups in total. The number of rotatable bonds is 5. The fourth-order valence-corrected chi connectivity index (χ4v) is 1.90. The molecule has 0 bridgehead atoms. The van der Waals surface area contributed by atoms with E-state index in [1.54, 1.807) is 29.0 Å². The molecular formula is C11H12N2O3S. The molecule has 2 rings (SSSR count). The number of aromatic nitrogens is 1. The van der Waals surface area contributed by atoms with E-state index in [4.69, 9.17) is 9.15 Å². The minimum atomic E-state index is -0.247. The molecule has 2 aromatic rings. The van der Waals surface area contributed by atoms with Crippen LogP contribution >= 0.6 is 11.3 Å². The summed E-state index contributed by atoms with van der Waals surface area (Å²) in [5, 5.41) is 4.71. The predicted molar refractivity (Wildman–Crippen MR) is 63.4 cm³/mol. The SMILES string of the molecule is COc1ccc(C(=O)NCCc2cscn2)o1. The Morgan fingerprint density at radius 2 is 2.47 bits per heavy atom. The highest BCUT2D eigenvalue weighted by Gasteiger charge is 2.10. The Bertz CT molecular complexity index is 479. The van der Waals surface area contributed by atoms with Crippen molar-refractivity contribution in [1.82, 2.24) is 10.3 Å². The van der Waals surface area contributed by atoms with Crippen LogP contribution in [0.25, 0.3) is 0 Å². The molecule has 2 heterocycles. The van der Waals surface area contributed by atoms with E-state index in [2.05, 4.69) is 10.3 Å². The number of methoxy groups -OCH3 is 1. The number of carbonyl (C=O) groups excluding carboxylic acids is 1. The third kappa shape index (κ3) is 3.07. The van der Waals surface area contributed by atoms with Crippen LogP contribution < -0.4 is 10.1 Å². The number of nitrogens with zero attached hydrogens (tertiary/aromatic N) is 1. The van der Waals surface area contributed by atoms with Crippen molar-refractivity contribution in [2.24, 2.45) is 0 Å². The Morgan fingerprint density at radius 1 is 1.59 bits per heavy atom. The molecule has 5 nitrogen and oxygen atoms in total. The van der Waals surface area contributed by atoms with Crippen LogP contribution in [0.2, 0.25) is 0 Å². The molecule has 0 spiro atoms. The molecular weight excluding hydrogens is 240 g/mol. The van der Waals surface area contributed by atoms with Crippen molar-refractivity contribution in [2.75, 3.05) is 13.7 Å². The molecule has 90 valence electrons. The van der Waals surface area contributed by atoms with Gasteiger partial charge in [0.25, 0.3) is 11.9 Å². The van der Waals surface area contributed by atoms with Gasteiger partial charge in [-0.2, -0.15) is 0 Å². The average Bonchev–Trinajstić information content (AvgIpc) is 2.99. The zero-order chi connectivity index (χ0) is 12.1. The number of carbonyl (C=O) groups is 1. The first-order chi connectivity index (χ1) is 8.29. The van der Waals surface area contributed by atoms with Crippen molar-refractivity contribution in [3.8, 4) is 5.95 Å². The largest absolute Gasteiger partial charge is 0.468 e. The number of nitrogens with one attached hydrogen (secondary N) is 1. The monoisotopic (exact) mass is 252 g/mol. The van der Waals surface area contributed by atoms with Gasteiger partial charge < -0.3 is 14.5 Å². The van der Waals surface area contributed by atoms with Crippen molar-refractivity contribution in [1.29, 1.82) is 0 Å². The van der Waals surface area contributed by atoms with Crippen LogP contribution in [-0.4, -0.2) is 24.5 Å². The van der Waals surface area contributed by atoms with Crippen molar-refractivity contribution in [3.63, 3.8) is 0 Å². The second-order valence-electron chi connectivity index (χ2n) is 3.31. The van der Waals surface area contributed by atoms with Gasteiger partial charge in [-0.05, 0) is 6.07 Å². The highest BCUT2D eigenvalue weighted by molar-refractivity contribution is 7.07. The lowest BCUT2D eigenvalue weighted by Gasteiger charge is -2.01. The first-order valence-electron chi connectivity index (χ1n) is 5.08. The van der Waals surface area contributed by atoms with E-state index in [1.165, 1.54) is 7.11 Å². The van der Waals surface area contributed by atoms with Gasteiger partial charge in [0.05, 0.1) is 18.3 Å². The molecule has 0 unspecified atom stereocenters. The minimum absolute atomic E-state index is 0.247. The molecule has 0 aliphatic carbocycles. The maximum Gasteiger partial charge on any atom is 0.287 e. The lowest BCUT2D eigenvalue weighted by molar-refractivity contribution is 0.0920. The molecule has 0 atom stereocenters. The average molecular weight is 252 g/mol. The van der Waals surface area contributed by atoms with E-state index in [1.807, 2.05) is 5.38 Å². The topological polar surface area (TPSA) is 64.4 Å². The Hall–Kier alpha value is -1.82. The number of hydrogen-bond acceptors (Lipinski definition) is 5. The standard InChI is InChI=1S/C11H12N2O3S/c1-15-10-3-2-9(16-10)11(14)12-5-4-8-6-17-7-13-8/h2-3,6-7H,4-5H2,1H3,(H,12,14). The number of thiazole rings is 1. The molecule has 6 heteroatoms. The fraction of sp³-hybridized carbons (Fsp3) is 0.273. The van der Waals surface area contributed by atoms with Gasteiger partial charge in [0.2, 0.25) is 0 Å². The van der Waals surface area contributed by atoms with Crippen molar-refractivity contribution in [3.05, 3.63) is 34.5 Å². The van der Waals surface area contributed by atoms with Gasteiger partial charge in [-0.1, -0.05) is 0 Å². The van der Waals surface area contributed by atoms with Crippen LogP contribution in [0.5, 0.6) is 5.95 Å². The molecule has 0 radical (unpaired) electrons. The van der Waals surface area contributed by atoms with Gasteiger partial charge in [0.1, 0.15) is 0 Å². The zero-order valence-corrected chi connectivity index (χ0v) is 10.1. The molecule has 0 saturated carbocycles. The molecule has 1 amide bonds. The Kier molecular flexibility index (Phi) is 3.77. The predicted octanol–water partition coefficient (Wildman–Crippen LogP) is 1.72. The van der Waals surface area contributed by atoms with Crippen LogP contribution in [0.4, 0.5) is 0 Å². The molecule has 2 aromatic heterocycles. The van der Waals surface area contributed by atoms with Gasteiger partial charge in [0.15, 0.2) is 5.76 Å². The summed E-state index contributed by atoms with van der Waals surface area (Å²) < 4.78 is 9.99. The maximum absolute atomic E-state index is 11.6. The maximum atomic E-state index is 11.6. The summed E-state index contributed by atoms with van der Waals surface area (Å²) in [4.78, 5) is 15.8. The van der Waals surface area contributed by atoms with Crippen LogP contribution in [0.15, 0.2) is 27.4 Å². The Labute approximate surface area is 102 Å². The highest BCUT2D eigenvalue weighted by Crippen LogP contribution is 2.14. The summed E-state index contributed by atoms with van der Waals surface area (Å²) in [7, 11) is 1.49. The van der Waals surface area contributed by atoms with Crippen LogP contribution in [-0.2, 0) is 6.42 Å². The van der Waals surface area contributed by atoms with Gasteiger partial charge in [-0.3, -0.25) is 4.79 Å². The summed E-state index contributed by atoms with van der Waals surface area (Å²) in [5.74, 6) is 0.332. The van der Waals surface area contributed by atoms with Gasteiger partial charge in [-0.15, -0.1) is 11.3 Å². The van der Waals surface area contributed by atoms with Crippen LogP contribution in [0, 0.1) is 0 Å². The van der Waals surface area contributed by atoms with E-state index in [9.17, 15) is 4.79 Å². The third-order valence-corrected chi connectivity index (χ3v) is 2.79. The molecule has 0 aromatic carbocycles. The zero-order valence-electron chi connectivity index (χ0n) is 9.30. The van der Waals surface area contributed by atoms with E-state index in [-0.39, 0.29) is 11.7 Å². The van der Waals surface area contributed by atoms with Crippen molar-refractivity contribution < 1.29 is 13.9 Å². The second kappa shape index (κ2) is 5.49. The van der Waals surface area contributed by atoms with Gasteiger partial charge >= 0.3 is 0 Å². The molecule has 0 aliphatic heterocycles. The molecule has 0 fully saturated rings. The highest BCUT2D eigenvalue weighted by atomic mass is 32.1. The minimum Gasteiger partial charge on any atom is -0.468 e. The first-order valence-corrected chi connectivity index (χ1v) is 6.03.